The van der Waals surface area contributed by atoms with Crippen LogP contribution in [0.5, 0.6) is 0 Å². The van der Waals surface area contributed by atoms with Gasteiger partial charge < -0.3 is 0 Å². The zero-order valence-corrected chi connectivity index (χ0v) is 9.09. The van der Waals surface area contributed by atoms with Crippen LogP contribution in [0.4, 0.5) is 0 Å². The van der Waals surface area contributed by atoms with E-state index in [0.29, 0.717) is 5.95 Å². The summed E-state index contributed by atoms with van der Waals surface area (Å²) in [6.07, 6.45) is 4.84. The van der Waals surface area contributed by atoms with Gasteiger partial charge in [0.15, 0.2) is 0 Å². The van der Waals surface area contributed by atoms with Gasteiger partial charge in [0.1, 0.15) is 12.2 Å². The predicted molar refractivity (Wildman–Crippen MR) is 54.3 cm³/mol. The van der Waals surface area contributed by atoms with E-state index in [-0.39, 0.29) is 4.83 Å². The van der Waals surface area contributed by atoms with Gasteiger partial charge in [-0.05, 0) is 13.0 Å². The molecule has 0 N–H and O–H groups in total. The van der Waals surface area contributed by atoms with Crippen molar-refractivity contribution in [2.75, 3.05) is 0 Å². The molecule has 0 aromatic carbocycles. The van der Waals surface area contributed by atoms with Crippen molar-refractivity contribution in [3.8, 4) is 5.95 Å². The molecule has 2 aromatic heterocycles. The first-order chi connectivity index (χ1) is 6.79. The second-order valence-corrected chi connectivity index (χ2v) is 4.07. The number of nitrogens with zero attached hydrogens (tertiary/aromatic N) is 5. The monoisotopic (exact) mass is 253 g/mol. The smallest absolute Gasteiger partial charge is 0.220 e. The zero-order chi connectivity index (χ0) is 9.97. The van der Waals surface area contributed by atoms with Crippen LogP contribution in [0.15, 0.2) is 24.8 Å². The first-order valence-electron chi connectivity index (χ1n) is 4.10. The second-order valence-electron chi connectivity index (χ2n) is 2.69. The summed E-state index contributed by atoms with van der Waals surface area (Å²) < 4.78 is 1.61. The molecule has 0 amide bonds. The molecule has 0 aliphatic carbocycles. The number of hydrogen-bond donors (Lipinski definition) is 0. The quantitative estimate of drug-likeness (QED) is 0.762. The molecule has 2 heterocycles. The maximum absolute atomic E-state index is 4.12. The van der Waals surface area contributed by atoms with E-state index in [9.17, 15) is 0 Å². The van der Waals surface area contributed by atoms with Crippen LogP contribution in [0.2, 0.25) is 0 Å². The molecule has 0 spiro atoms. The number of hydrogen-bond acceptors (Lipinski definition) is 4. The van der Waals surface area contributed by atoms with Crippen molar-refractivity contribution in [3.05, 3.63) is 30.6 Å². The first kappa shape index (κ1) is 9.26. The van der Waals surface area contributed by atoms with Crippen LogP contribution >= 0.6 is 15.9 Å². The Morgan fingerprint density at radius 1 is 1.29 bits per heavy atom. The highest BCUT2D eigenvalue weighted by molar-refractivity contribution is 9.09. The van der Waals surface area contributed by atoms with Gasteiger partial charge in [0.05, 0.1) is 4.83 Å². The Morgan fingerprint density at radius 2 is 2.00 bits per heavy atom. The summed E-state index contributed by atoms with van der Waals surface area (Å²) in [6, 6.07) is 1.76. The molecule has 0 aliphatic heterocycles. The standard InChI is InChI=1S/C8H8BrN5/c1-6(9)7-12-5-13-14(7)8-10-3-2-4-11-8/h2-6H,1H3. The number of halogens is 1. The van der Waals surface area contributed by atoms with E-state index >= 15 is 0 Å². The van der Waals surface area contributed by atoms with E-state index in [0.717, 1.165) is 5.82 Å². The molecule has 0 aliphatic rings. The number of rotatable bonds is 2. The lowest BCUT2D eigenvalue weighted by Crippen LogP contribution is -2.07. The average Bonchev–Trinajstić information content (AvgIpc) is 2.67. The molecule has 14 heavy (non-hydrogen) atoms. The molecule has 0 saturated heterocycles. The van der Waals surface area contributed by atoms with E-state index in [1.54, 1.807) is 23.1 Å². The summed E-state index contributed by atoms with van der Waals surface area (Å²) in [5.74, 6) is 1.32. The Kier molecular flexibility index (Phi) is 2.53. The predicted octanol–water partition coefficient (Wildman–Crippen LogP) is 1.51. The van der Waals surface area contributed by atoms with Gasteiger partial charge in [-0.1, -0.05) is 15.9 Å². The van der Waals surface area contributed by atoms with Crippen LogP contribution in [-0.2, 0) is 0 Å². The molecule has 2 aromatic rings. The fourth-order valence-electron chi connectivity index (χ4n) is 1.08. The van der Waals surface area contributed by atoms with Gasteiger partial charge >= 0.3 is 0 Å². The normalized spacial score (nSPS) is 12.7. The van der Waals surface area contributed by atoms with Crippen molar-refractivity contribution in [3.63, 3.8) is 0 Å². The van der Waals surface area contributed by atoms with E-state index in [4.69, 9.17) is 0 Å². The van der Waals surface area contributed by atoms with Crippen LogP contribution in [0, 0.1) is 0 Å². The van der Waals surface area contributed by atoms with Crippen LogP contribution in [0.1, 0.15) is 17.6 Å². The SMILES string of the molecule is CC(Br)c1ncnn1-c1ncccn1. The molecule has 1 unspecified atom stereocenters. The molecule has 0 radical (unpaired) electrons. The molecule has 6 heteroatoms. The molecule has 0 saturated carbocycles. The fraction of sp³-hybridized carbons (Fsp3) is 0.250. The molecular weight excluding hydrogens is 246 g/mol. The summed E-state index contributed by atoms with van der Waals surface area (Å²) in [4.78, 5) is 12.4. The van der Waals surface area contributed by atoms with Gasteiger partial charge in [-0.2, -0.15) is 9.78 Å². The van der Waals surface area contributed by atoms with Crippen molar-refractivity contribution in [1.29, 1.82) is 0 Å². The highest BCUT2D eigenvalue weighted by atomic mass is 79.9. The Hall–Kier alpha value is -1.30. The van der Waals surface area contributed by atoms with Crippen molar-refractivity contribution in [1.82, 2.24) is 24.7 Å². The average molecular weight is 254 g/mol. The first-order valence-corrected chi connectivity index (χ1v) is 5.02. The molecule has 1 atom stereocenters. The molecule has 5 nitrogen and oxygen atoms in total. The van der Waals surface area contributed by atoms with E-state index in [2.05, 4.69) is 36.0 Å². The summed E-state index contributed by atoms with van der Waals surface area (Å²) in [5.41, 5.74) is 0. The second kappa shape index (κ2) is 3.83. The largest absolute Gasteiger partial charge is 0.252 e. The van der Waals surface area contributed by atoms with Gasteiger partial charge in [-0.15, -0.1) is 0 Å². The van der Waals surface area contributed by atoms with Crippen molar-refractivity contribution in [2.45, 2.75) is 11.8 Å². The third-order valence-electron chi connectivity index (χ3n) is 1.67. The van der Waals surface area contributed by atoms with Gasteiger partial charge in [0.2, 0.25) is 0 Å². The van der Waals surface area contributed by atoms with Crippen molar-refractivity contribution < 1.29 is 0 Å². The fourth-order valence-corrected chi connectivity index (χ4v) is 1.39. The Labute approximate surface area is 89.4 Å². The van der Waals surface area contributed by atoms with E-state index in [1.165, 1.54) is 6.33 Å². The number of alkyl halides is 1. The highest BCUT2D eigenvalue weighted by Crippen LogP contribution is 2.19. The Balaban J connectivity index is 2.47. The zero-order valence-electron chi connectivity index (χ0n) is 7.50. The van der Waals surface area contributed by atoms with E-state index in [1.807, 2.05) is 6.92 Å². The lowest BCUT2D eigenvalue weighted by atomic mass is 10.4. The van der Waals surface area contributed by atoms with Gasteiger partial charge in [-0.25, -0.2) is 15.0 Å². The summed E-state index contributed by atoms with van der Waals surface area (Å²) in [6.45, 7) is 1.98. The number of aromatic nitrogens is 5. The minimum absolute atomic E-state index is 0.119. The minimum atomic E-state index is 0.119. The maximum atomic E-state index is 4.12. The molecule has 2 rings (SSSR count). The lowest BCUT2D eigenvalue weighted by molar-refractivity contribution is 0.749. The Bertz CT molecular complexity index is 411. The lowest BCUT2D eigenvalue weighted by Gasteiger charge is -2.04. The van der Waals surface area contributed by atoms with Crippen molar-refractivity contribution in [2.24, 2.45) is 0 Å². The summed E-state index contributed by atoms with van der Waals surface area (Å²) in [5, 5.41) is 4.06. The highest BCUT2D eigenvalue weighted by Gasteiger charge is 2.12. The molecular formula is C8H8BrN5. The van der Waals surface area contributed by atoms with Crippen LogP contribution in [0.25, 0.3) is 5.95 Å². The summed E-state index contributed by atoms with van der Waals surface area (Å²) >= 11 is 3.43. The van der Waals surface area contributed by atoms with Gasteiger partial charge in [0.25, 0.3) is 5.95 Å². The van der Waals surface area contributed by atoms with Crippen molar-refractivity contribution >= 4 is 15.9 Å². The van der Waals surface area contributed by atoms with Gasteiger partial charge in [-0.3, -0.25) is 0 Å². The Morgan fingerprint density at radius 3 is 2.64 bits per heavy atom. The van der Waals surface area contributed by atoms with Gasteiger partial charge in [0, 0.05) is 12.4 Å². The third kappa shape index (κ3) is 1.65. The molecule has 0 bridgehead atoms. The third-order valence-corrected chi connectivity index (χ3v) is 2.08. The van der Waals surface area contributed by atoms with Crippen LogP contribution in [-0.4, -0.2) is 24.7 Å². The topological polar surface area (TPSA) is 56.5 Å². The van der Waals surface area contributed by atoms with Crippen LogP contribution < -0.4 is 0 Å². The van der Waals surface area contributed by atoms with Crippen LogP contribution in [0.3, 0.4) is 0 Å². The summed E-state index contributed by atoms with van der Waals surface area (Å²) in [7, 11) is 0. The maximum Gasteiger partial charge on any atom is 0.252 e. The van der Waals surface area contributed by atoms with E-state index < -0.39 is 0 Å². The minimum Gasteiger partial charge on any atom is -0.220 e. The molecule has 0 fully saturated rings. The molecule has 72 valence electrons.